The molecule has 1 rings (SSSR count). The molecule has 0 unspecified atom stereocenters. The van der Waals surface area contributed by atoms with Crippen LogP contribution in [0.3, 0.4) is 0 Å². The van der Waals surface area contributed by atoms with Gasteiger partial charge in [0.25, 0.3) is 0 Å². The predicted molar refractivity (Wildman–Crippen MR) is 67.7 cm³/mol. The monoisotopic (exact) mass is 272 g/mol. The molecule has 1 aliphatic heterocycles. The summed E-state index contributed by atoms with van der Waals surface area (Å²) in [7, 11) is 1.50. The smallest absolute Gasteiger partial charge is 0.317 e. The van der Waals surface area contributed by atoms with Crippen LogP contribution in [0.5, 0.6) is 0 Å². The van der Waals surface area contributed by atoms with Crippen LogP contribution in [0.4, 0.5) is 4.79 Å². The number of aliphatic carboxylic acids is 1. The number of amides is 3. The van der Waals surface area contributed by atoms with Gasteiger partial charge in [-0.2, -0.15) is 0 Å². The first kappa shape index (κ1) is 15.2. The molecule has 0 aromatic heterocycles. The summed E-state index contributed by atoms with van der Waals surface area (Å²) in [6, 6.07) is -0.291. The van der Waals surface area contributed by atoms with Gasteiger partial charge in [0.1, 0.15) is 0 Å². The molecule has 0 aromatic carbocycles. The molecule has 0 spiro atoms. The fourth-order valence-electron chi connectivity index (χ4n) is 1.88. The first-order chi connectivity index (χ1) is 9.02. The number of urea groups is 1. The summed E-state index contributed by atoms with van der Waals surface area (Å²) in [6.07, 6.45) is 0.723. The fourth-order valence-corrected chi connectivity index (χ4v) is 1.88. The minimum atomic E-state index is -0.863. The van der Waals surface area contributed by atoms with Crippen LogP contribution in [-0.2, 0) is 9.59 Å². The van der Waals surface area contributed by atoms with Crippen molar-refractivity contribution < 1.29 is 19.5 Å². The molecule has 0 aromatic rings. The molecular weight excluding hydrogens is 252 g/mol. The van der Waals surface area contributed by atoms with Crippen molar-refractivity contribution in [1.29, 1.82) is 0 Å². The topological polar surface area (TPSA) is 102 Å². The first-order valence-corrected chi connectivity index (χ1v) is 6.20. The van der Waals surface area contributed by atoms with E-state index in [9.17, 15) is 14.4 Å². The summed E-state index contributed by atoms with van der Waals surface area (Å²) < 4.78 is 0. The molecule has 0 aliphatic carbocycles. The zero-order valence-electron chi connectivity index (χ0n) is 11.0. The van der Waals surface area contributed by atoms with Crippen molar-refractivity contribution in [2.45, 2.75) is 6.42 Å². The van der Waals surface area contributed by atoms with E-state index in [1.807, 2.05) is 0 Å². The SMILES string of the molecule is CNC(=O)CNC(=O)N1CCCN(CC(=O)O)CC1. The third-order valence-electron chi connectivity index (χ3n) is 2.91. The van der Waals surface area contributed by atoms with Gasteiger partial charge in [-0.1, -0.05) is 0 Å². The van der Waals surface area contributed by atoms with Crippen molar-refractivity contribution in [3.05, 3.63) is 0 Å². The molecule has 8 nitrogen and oxygen atoms in total. The van der Waals surface area contributed by atoms with E-state index in [0.29, 0.717) is 26.2 Å². The second-order valence-corrected chi connectivity index (χ2v) is 4.34. The van der Waals surface area contributed by atoms with Crippen molar-refractivity contribution in [3.63, 3.8) is 0 Å². The Morgan fingerprint density at radius 1 is 1.16 bits per heavy atom. The molecule has 3 amide bonds. The van der Waals surface area contributed by atoms with Gasteiger partial charge in [0.2, 0.25) is 5.91 Å². The molecule has 1 fully saturated rings. The largest absolute Gasteiger partial charge is 0.480 e. The lowest BCUT2D eigenvalue weighted by molar-refractivity contribution is -0.138. The molecule has 0 atom stereocenters. The Kier molecular flexibility index (Phi) is 6.07. The highest BCUT2D eigenvalue weighted by Gasteiger charge is 2.20. The number of carbonyl (C=O) groups excluding carboxylic acids is 2. The quantitative estimate of drug-likeness (QED) is 0.580. The van der Waals surface area contributed by atoms with Gasteiger partial charge in [-0.25, -0.2) is 4.79 Å². The lowest BCUT2D eigenvalue weighted by Crippen LogP contribution is -2.45. The molecule has 8 heteroatoms. The van der Waals surface area contributed by atoms with Crippen LogP contribution in [0.1, 0.15) is 6.42 Å². The average molecular weight is 272 g/mol. The number of nitrogens with zero attached hydrogens (tertiary/aromatic N) is 2. The highest BCUT2D eigenvalue weighted by molar-refractivity contribution is 5.83. The van der Waals surface area contributed by atoms with Gasteiger partial charge in [0, 0.05) is 33.2 Å². The molecule has 0 bridgehead atoms. The number of rotatable bonds is 4. The number of hydrogen-bond donors (Lipinski definition) is 3. The van der Waals surface area contributed by atoms with Crippen molar-refractivity contribution >= 4 is 17.9 Å². The second kappa shape index (κ2) is 7.57. The van der Waals surface area contributed by atoms with Crippen LogP contribution in [0, 0.1) is 0 Å². The summed E-state index contributed by atoms with van der Waals surface area (Å²) in [4.78, 5) is 36.9. The number of likely N-dealkylation sites (N-methyl/N-ethyl adjacent to an activating group) is 1. The Morgan fingerprint density at radius 2 is 1.89 bits per heavy atom. The second-order valence-electron chi connectivity index (χ2n) is 4.34. The Hall–Kier alpha value is -1.83. The molecule has 108 valence electrons. The van der Waals surface area contributed by atoms with E-state index in [1.54, 1.807) is 9.80 Å². The van der Waals surface area contributed by atoms with Gasteiger partial charge >= 0.3 is 12.0 Å². The number of hydrogen-bond acceptors (Lipinski definition) is 4. The minimum absolute atomic E-state index is 0.00625. The van der Waals surface area contributed by atoms with Gasteiger partial charge in [-0.3, -0.25) is 14.5 Å². The van der Waals surface area contributed by atoms with Crippen LogP contribution >= 0.6 is 0 Å². The normalized spacial score (nSPS) is 16.6. The van der Waals surface area contributed by atoms with Crippen LogP contribution in [0.15, 0.2) is 0 Å². The summed E-state index contributed by atoms with van der Waals surface area (Å²) >= 11 is 0. The fraction of sp³-hybridized carbons (Fsp3) is 0.727. The number of nitrogens with one attached hydrogen (secondary N) is 2. The van der Waals surface area contributed by atoms with Crippen LogP contribution in [0.25, 0.3) is 0 Å². The van der Waals surface area contributed by atoms with Crippen LogP contribution in [0.2, 0.25) is 0 Å². The zero-order valence-corrected chi connectivity index (χ0v) is 11.0. The molecule has 0 saturated carbocycles. The van der Waals surface area contributed by atoms with Gasteiger partial charge < -0.3 is 20.6 Å². The molecule has 1 saturated heterocycles. The lowest BCUT2D eigenvalue weighted by Gasteiger charge is -2.21. The summed E-state index contributed by atoms with van der Waals surface area (Å²) in [5, 5.41) is 13.7. The van der Waals surface area contributed by atoms with E-state index < -0.39 is 5.97 Å². The highest BCUT2D eigenvalue weighted by atomic mass is 16.4. The van der Waals surface area contributed by atoms with E-state index >= 15 is 0 Å². The Balaban J connectivity index is 2.37. The van der Waals surface area contributed by atoms with Crippen molar-refractivity contribution in [1.82, 2.24) is 20.4 Å². The third-order valence-corrected chi connectivity index (χ3v) is 2.91. The van der Waals surface area contributed by atoms with E-state index in [4.69, 9.17) is 5.11 Å². The van der Waals surface area contributed by atoms with Gasteiger partial charge in [0.15, 0.2) is 0 Å². The third kappa shape index (κ3) is 5.56. The zero-order chi connectivity index (χ0) is 14.3. The van der Waals surface area contributed by atoms with Gasteiger partial charge in [-0.15, -0.1) is 0 Å². The van der Waals surface area contributed by atoms with Gasteiger partial charge in [0.05, 0.1) is 13.1 Å². The maximum absolute atomic E-state index is 11.8. The maximum atomic E-state index is 11.8. The summed E-state index contributed by atoms with van der Waals surface area (Å²) in [5.74, 6) is -1.12. The van der Waals surface area contributed by atoms with Crippen molar-refractivity contribution in [3.8, 4) is 0 Å². The summed E-state index contributed by atoms with van der Waals surface area (Å²) in [6.45, 7) is 2.16. The van der Waals surface area contributed by atoms with E-state index in [1.165, 1.54) is 7.05 Å². The summed E-state index contributed by atoms with van der Waals surface area (Å²) in [5.41, 5.74) is 0. The van der Waals surface area contributed by atoms with E-state index in [2.05, 4.69) is 10.6 Å². The molecule has 1 aliphatic rings. The van der Waals surface area contributed by atoms with Crippen LogP contribution < -0.4 is 10.6 Å². The molecule has 3 N–H and O–H groups in total. The average Bonchev–Trinajstić information content (AvgIpc) is 2.60. The van der Waals surface area contributed by atoms with E-state index in [-0.39, 0.29) is 25.0 Å². The van der Waals surface area contributed by atoms with Crippen molar-refractivity contribution in [2.75, 3.05) is 46.3 Å². The Labute approximate surface area is 111 Å². The molecule has 1 heterocycles. The minimum Gasteiger partial charge on any atom is -0.480 e. The predicted octanol–water partition coefficient (Wildman–Crippen LogP) is -1.47. The van der Waals surface area contributed by atoms with Gasteiger partial charge in [-0.05, 0) is 6.42 Å². The molecule has 19 heavy (non-hydrogen) atoms. The standard InChI is InChI=1S/C11H20N4O4/c1-12-9(16)7-13-11(19)15-4-2-3-14(5-6-15)8-10(17)18/h2-8H2,1H3,(H,12,16)(H,13,19)(H,17,18). The van der Waals surface area contributed by atoms with E-state index in [0.717, 1.165) is 6.42 Å². The number of carboxylic acids is 1. The van der Waals surface area contributed by atoms with Crippen molar-refractivity contribution in [2.24, 2.45) is 0 Å². The highest BCUT2D eigenvalue weighted by Crippen LogP contribution is 2.03. The Morgan fingerprint density at radius 3 is 2.53 bits per heavy atom. The number of carboxylic acid groups (broad SMARTS) is 1. The Bertz CT molecular complexity index is 348. The first-order valence-electron chi connectivity index (χ1n) is 6.20. The maximum Gasteiger partial charge on any atom is 0.317 e. The lowest BCUT2D eigenvalue weighted by atomic mass is 10.4. The number of carbonyl (C=O) groups is 3. The molecule has 0 radical (unpaired) electrons. The molecular formula is C11H20N4O4. The van der Waals surface area contributed by atoms with Crippen LogP contribution in [-0.4, -0.2) is 79.1 Å².